The van der Waals surface area contributed by atoms with Gasteiger partial charge in [-0.3, -0.25) is 0 Å². The lowest BCUT2D eigenvalue weighted by Gasteiger charge is -2.03. The van der Waals surface area contributed by atoms with Gasteiger partial charge in [-0.1, -0.05) is 11.6 Å². The van der Waals surface area contributed by atoms with E-state index in [1.165, 1.54) is 6.20 Å². The summed E-state index contributed by atoms with van der Waals surface area (Å²) in [5.74, 6) is 0.537. The normalized spacial score (nSPS) is 10.4. The largest absolute Gasteiger partial charge is 0.618 e. The Morgan fingerprint density at radius 3 is 3.00 bits per heavy atom. The van der Waals surface area contributed by atoms with Gasteiger partial charge in [0.25, 0.3) is 0 Å². The first kappa shape index (κ1) is 9.02. The molecule has 0 radical (unpaired) electrons. The highest BCUT2D eigenvalue weighted by Gasteiger charge is 2.07. The van der Waals surface area contributed by atoms with Crippen LogP contribution >= 0.6 is 11.6 Å². The van der Waals surface area contributed by atoms with E-state index >= 15 is 0 Å². The van der Waals surface area contributed by atoms with Crippen LogP contribution in [0.25, 0.3) is 11.0 Å². The molecule has 0 spiro atoms. The van der Waals surface area contributed by atoms with Gasteiger partial charge in [0.05, 0.1) is 0 Å². The minimum atomic E-state index is 0.469. The van der Waals surface area contributed by atoms with E-state index < -0.39 is 0 Å². The zero-order chi connectivity index (χ0) is 10.1. The van der Waals surface area contributed by atoms with Crippen molar-refractivity contribution in [2.45, 2.75) is 0 Å². The van der Waals surface area contributed by atoms with Crippen molar-refractivity contribution in [2.24, 2.45) is 0 Å². The van der Waals surface area contributed by atoms with Crippen molar-refractivity contribution < 1.29 is 4.73 Å². The molecule has 72 valence electrons. The summed E-state index contributed by atoms with van der Waals surface area (Å²) in [7, 11) is 1.71. The summed E-state index contributed by atoms with van der Waals surface area (Å²) in [5, 5.41) is 14.8. The molecule has 0 atom stereocenters. The van der Waals surface area contributed by atoms with Gasteiger partial charge in [-0.05, 0) is 12.1 Å². The Morgan fingerprint density at radius 2 is 2.29 bits per heavy atom. The molecule has 0 aliphatic heterocycles. The van der Waals surface area contributed by atoms with Gasteiger partial charge in [0.1, 0.15) is 5.52 Å². The maximum absolute atomic E-state index is 11.5. The third-order valence-electron chi connectivity index (χ3n) is 1.91. The molecule has 0 fully saturated rings. The van der Waals surface area contributed by atoms with E-state index in [1.807, 2.05) is 0 Å². The van der Waals surface area contributed by atoms with E-state index in [-0.39, 0.29) is 0 Å². The summed E-state index contributed by atoms with van der Waals surface area (Å²) in [6, 6.07) is 5.01. The van der Waals surface area contributed by atoms with Crippen molar-refractivity contribution >= 4 is 28.5 Å². The minimum absolute atomic E-state index is 0.469. The molecule has 4 nitrogen and oxygen atoms in total. The fourth-order valence-corrected chi connectivity index (χ4v) is 1.39. The van der Waals surface area contributed by atoms with Crippen LogP contribution in [0.2, 0.25) is 5.02 Å². The third kappa shape index (κ3) is 1.44. The molecule has 1 aromatic carbocycles. The zero-order valence-electron chi connectivity index (χ0n) is 7.49. The number of halogens is 1. The molecule has 0 saturated carbocycles. The number of nitrogens with one attached hydrogen (secondary N) is 1. The van der Waals surface area contributed by atoms with Gasteiger partial charge in [0.2, 0.25) is 11.7 Å². The number of rotatable bonds is 1. The number of nitrogens with zero attached hydrogens (tertiary/aromatic N) is 2. The lowest BCUT2D eigenvalue weighted by Crippen LogP contribution is -2.27. The third-order valence-corrected chi connectivity index (χ3v) is 2.15. The SMILES string of the molecule is CNc1c[n+]([O-])c2cc(Cl)ccc2n1. The van der Waals surface area contributed by atoms with Crippen LogP contribution in [0.1, 0.15) is 0 Å². The van der Waals surface area contributed by atoms with Crippen molar-refractivity contribution in [1.82, 2.24) is 4.98 Å². The first-order valence-corrected chi connectivity index (χ1v) is 4.46. The predicted octanol–water partition coefficient (Wildman–Crippen LogP) is 1.56. The molecule has 1 aromatic heterocycles. The molecule has 0 bridgehead atoms. The Morgan fingerprint density at radius 1 is 1.50 bits per heavy atom. The Balaban J connectivity index is 2.76. The Hall–Kier alpha value is -1.55. The van der Waals surface area contributed by atoms with Crippen molar-refractivity contribution in [3.8, 4) is 0 Å². The number of fused-ring (bicyclic) bond motifs is 1. The molecule has 2 rings (SSSR count). The molecule has 0 aliphatic carbocycles. The van der Waals surface area contributed by atoms with Gasteiger partial charge >= 0.3 is 0 Å². The van der Waals surface area contributed by atoms with Crippen molar-refractivity contribution in [3.63, 3.8) is 0 Å². The number of hydrogen-bond donors (Lipinski definition) is 1. The minimum Gasteiger partial charge on any atom is -0.618 e. The predicted molar refractivity (Wildman–Crippen MR) is 55.3 cm³/mol. The van der Waals surface area contributed by atoms with Crippen LogP contribution in [-0.4, -0.2) is 12.0 Å². The van der Waals surface area contributed by atoms with E-state index in [4.69, 9.17) is 11.6 Å². The Labute approximate surface area is 85.7 Å². The van der Waals surface area contributed by atoms with Crippen molar-refractivity contribution in [3.05, 3.63) is 34.6 Å². The average Bonchev–Trinajstić information content (AvgIpc) is 2.19. The smallest absolute Gasteiger partial charge is 0.244 e. The lowest BCUT2D eigenvalue weighted by atomic mass is 10.3. The highest BCUT2D eigenvalue weighted by Crippen LogP contribution is 2.15. The second kappa shape index (κ2) is 3.31. The van der Waals surface area contributed by atoms with Crippen molar-refractivity contribution in [1.29, 1.82) is 0 Å². The van der Waals surface area contributed by atoms with Gasteiger partial charge in [0, 0.05) is 18.1 Å². The molecule has 0 amide bonds. The highest BCUT2D eigenvalue weighted by molar-refractivity contribution is 6.31. The molecule has 1 N–H and O–H groups in total. The molecular weight excluding hydrogens is 202 g/mol. The van der Waals surface area contributed by atoms with E-state index in [2.05, 4.69) is 10.3 Å². The van der Waals surface area contributed by atoms with E-state index in [1.54, 1.807) is 25.2 Å². The number of benzene rings is 1. The Kier molecular flexibility index (Phi) is 2.13. The van der Waals surface area contributed by atoms with E-state index in [9.17, 15) is 5.21 Å². The van der Waals surface area contributed by atoms with Crippen LogP contribution in [0.4, 0.5) is 5.82 Å². The van der Waals surface area contributed by atoms with E-state index in [0.29, 0.717) is 21.9 Å². The van der Waals surface area contributed by atoms with Crippen LogP contribution in [0.5, 0.6) is 0 Å². The number of anilines is 1. The maximum Gasteiger partial charge on any atom is 0.244 e. The summed E-state index contributed by atoms with van der Waals surface area (Å²) >= 11 is 5.77. The second-order valence-corrected chi connectivity index (χ2v) is 3.27. The maximum atomic E-state index is 11.5. The van der Waals surface area contributed by atoms with Crippen molar-refractivity contribution in [2.75, 3.05) is 12.4 Å². The van der Waals surface area contributed by atoms with Gasteiger partial charge in [-0.15, -0.1) is 0 Å². The fourth-order valence-electron chi connectivity index (χ4n) is 1.23. The van der Waals surface area contributed by atoms with Gasteiger partial charge in [-0.25, -0.2) is 4.98 Å². The zero-order valence-corrected chi connectivity index (χ0v) is 8.25. The summed E-state index contributed by atoms with van der Waals surface area (Å²) in [6.45, 7) is 0. The molecule has 2 aromatic rings. The summed E-state index contributed by atoms with van der Waals surface area (Å²) in [4.78, 5) is 4.21. The van der Waals surface area contributed by atoms with Crippen LogP contribution < -0.4 is 10.0 Å². The van der Waals surface area contributed by atoms with E-state index in [0.717, 1.165) is 4.73 Å². The molecular formula is C9H8ClN3O. The molecule has 14 heavy (non-hydrogen) atoms. The monoisotopic (exact) mass is 209 g/mol. The second-order valence-electron chi connectivity index (χ2n) is 2.83. The van der Waals surface area contributed by atoms with Gasteiger partial charge in [0.15, 0.2) is 5.82 Å². The fraction of sp³-hybridized carbons (Fsp3) is 0.111. The summed E-state index contributed by atoms with van der Waals surface area (Å²) in [5.41, 5.74) is 1.09. The number of hydrogen-bond acceptors (Lipinski definition) is 3. The molecule has 0 aliphatic rings. The first-order valence-electron chi connectivity index (χ1n) is 4.08. The van der Waals surface area contributed by atoms with Crippen LogP contribution in [0.3, 0.4) is 0 Å². The van der Waals surface area contributed by atoms with Crippen LogP contribution in [-0.2, 0) is 0 Å². The average molecular weight is 210 g/mol. The molecule has 0 unspecified atom stereocenters. The summed E-state index contributed by atoms with van der Waals surface area (Å²) in [6.07, 6.45) is 1.37. The Bertz CT molecular complexity index is 487. The van der Waals surface area contributed by atoms with Gasteiger partial charge in [-0.2, -0.15) is 4.73 Å². The molecule has 5 heteroatoms. The lowest BCUT2D eigenvalue weighted by molar-refractivity contribution is -0.576. The topological polar surface area (TPSA) is 51.9 Å². The number of aromatic nitrogens is 2. The molecule has 1 heterocycles. The quantitative estimate of drug-likeness (QED) is 0.573. The van der Waals surface area contributed by atoms with Gasteiger partial charge < -0.3 is 10.5 Å². The molecule has 0 saturated heterocycles. The van der Waals surface area contributed by atoms with Crippen LogP contribution in [0.15, 0.2) is 24.4 Å². The van der Waals surface area contributed by atoms with Crippen LogP contribution in [0, 0.1) is 5.21 Å². The standard InChI is InChI=1S/C9H8ClN3O/c1-11-9-5-13(14)8-4-6(10)2-3-7(8)12-9/h2-5H,1H3,(H,11,12). The summed E-state index contributed by atoms with van der Waals surface area (Å²) < 4.78 is 0.750. The first-order chi connectivity index (χ1) is 6.70. The highest BCUT2D eigenvalue weighted by atomic mass is 35.5.